The number of piperazine rings is 1. The van der Waals surface area contributed by atoms with Gasteiger partial charge in [0.1, 0.15) is 0 Å². The predicted molar refractivity (Wildman–Crippen MR) is 92.5 cm³/mol. The van der Waals surface area contributed by atoms with Gasteiger partial charge in [-0.1, -0.05) is 42.5 Å². The van der Waals surface area contributed by atoms with Crippen molar-refractivity contribution in [2.24, 2.45) is 0 Å². The summed E-state index contributed by atoms with van der Waals surface area (Å²) in [5.74, 6) is -0.144. The summed E-state index contributed by atoms with van der Waals surface area (Å²) in [5, 5.41) is 2.67. The standard InChI is InChI=1S/C19H24N2O2/c1-23-19(22)15-21-13-11-20(12-14-21)10-9-17-7-4-6-16-5-2-3-8-18(16)17/h2-8H,9-15H2,1H3. The SMILES string of the molecule is COC(=O)CN1CCN(CCc2cccc3ccccc23)CC1. The predicted octanol–water partition coefficient (Wildman–Crippen LogP) is 2.17. The fraction of sp³-hybridized carbons (Fsp3) is 0.421. The van der Waals surface area contributed by atoms with Crippen LogP contribution in [0.4, 0.5) is 0 Å². The zero-order valence-electron chi connectivity index (χ0n) is 13.7. The van der Waals surface area contributed by atoms with Crippen LogP contribution >= 0.6 is 0 Å². The van der Waals surface area contributed by atoms with Crippen LogP contribution in [0.25, 0.3) is 10.8 Å². The molecule has 122 valence electrons. The van der Waals surface area contributed by atoms with E-state index in [0.717, 1.165) is 39.1 Å². The van der Waals surface area contributed by atoms with Crippen molar-refractivity contribution < 1.29 is 9.53 Å². The van der Waals surface area contributed by atoms with Gasteiger partial charge in [0.2, 0.25) is 0 Å². The third-order valence-electron chi connectivity index (χ3n) is 4.62. The summed E-state index contributed by atoms with van der Waals surface area (Å²) in [7, 11) is 1.45. The van der Waals surface area contributed by atoms with Gasteiger partial charge in [-0.2, -0.15) is 0 Å². The minimum Gasteiger partial charge on any atom is -0.468 e. The Morgan fingerprint density at radius 1 is 1.00 bits per heavy atom. The van der Waals surface area contributed by atoms with E-state index in [9.17, 15) is 4.79 Å². The van der Waals surface area contributed by atoms with Crippen LogP contribution in [0.15, 0.2) is 42.5 Å². The van der Waals surface area contributed by atoms with E-state index in [1.807, 2.05) is 0 Å². The highest BCUT2D eigenvalue weighted by Gasteiger charge is 2.18. The van der Waals surface area contributed by atoms with Gasteiger partial charge in [0.25, 0.3) is 0 Å². The van der Waals surface area contributed by atoms with Crippen LogP contribution in [0.5, 0.6) is 0 Å². The summed E-state index contributed by atoms with van der Waals surface area (Å²) in [6, 6.07) is 15.1. The van der Waals surface area contributed by atoms with Gasteiger partial charge in [-0.3, -0.25) is 9.69 Å². The first kappa shape index (κ1) is 16.0. The molecule has 4 nitrogen and oxygen atoms in total. The number of hydrogen-bond acceptors (Lipinski definition) is 4. The lowest BCUT2D eigenvalue weighted by Gasteiger charge is -2.34. The molecule has 1 fully saturated rings. The van der Waals surface area contributed by atoms with E-state index < -0.39 is 0 Å². The van der Waals surface area contributed by atoms with Gasteiger partial charge < -0.3 is 9.64 Å². The fourth-order valence-electron chi connectivity index (χ4n) is 3.21. The molecule has 4 heteroatoms. The highest BCUT2D eigenvalue weighted by atomic mass is 16.5. The van der Waals surface area contributed by atoms with E-state index in [-0.39, 0.29) is 5.97 Å². The lowest BCUT2D eigenvalue weighted by atomic mass is 10.0. The average molecular weight is 312 g/mol. The first-order chi connectivity index (χ1) is 11.3. The molecule has 2 aromatic carbocycles. The van der Waals surface area contributed by atoms with Crippen molar-refractivity contribution in [2.45, 2.75) is 6.42 Å². The third kappa shape index (κ3) is 4.09. The van der Waals surface area contributed by atoms with Gasteiger partial charge in [0, 0.05) is 32.7 Å². The van der Waals surface area contributed by atoms with E-state index in [1.165, 1.54) is 23.4 Å². The van der Waals surface area contributed by atoms with Crippen LogP contribution in [0.1, 0.15) is 5.56 Å². The quantitative estimate of drug-likeness (QED) is 0.792. The van der Waals surface area contributed by atoms with Crippen LogP contribution in [-0.4, -0.2) is 62.1 Å². The second-order valence-corrected chi connectivity index (χ2v) is 6.08. The van der Waals surface area contributed by atoms with Gasteiger partial charge in [-0.05, 0) is 22.8 Å². The van der Waals surface area contributed by atoms with Crippen molar-refractivity contribution in [1.29, 1.82) is 0 Å². The van der Waals surface area contributed by atoms with Gasteiger partial charge in [0.05, 0.1) is 13.7 Å². The number of carbonyl (C=O) groups is 1. The van der Waals surface area contributed by atoms with Gasteiger partial charge in [0.15, 0.2) is 0 Å². The topological polar surface area (TPSA) is 32.8 Å². The molecule has 0 radical (unpaired) electrons. The first-order valence-electron chi connectivity index (χ1n) is 8.24. The number of carbonyl (C=O) groups excluding carboxylic acids is 1. The monoisotopic (exact) mass is 312 g/mol. The summed E-state index contributed by atoms with van der Waals surface area (Å²) in [6.45, 7) is 5.38. The summed E-state index contributed by atoms with van der Waals surface area (Å²) in [6.07, 6.45) is 1.07. The zero-order valence-corrected chi connectivity index (χ0v) is 13.7. The minimum absolute atomic E-state index is 0.144. The molecule has 0 unspecified atom stereocenters. The molecule has 0 aliphatic carbocycles. The number of benzene rings is 2. The van der Waals surface area contributed by atoms with Gasteiger partial charge in [-0.15, -0.1) is 0 Å². The molecular formula is C19H24N2O2. The van der Waals surface area contributed by atoms with Crippen molar-refractivity contribution in [3.8, 4) is 0 Å². The molecule has 0 spiro atoms. The van der Waals surface area contributed by atoms with Crippen molar-refractivity contribution in [3.63, 3.8) is 0 Å². The number of ether oxygens (including phenoxy) is 1. The molecule has 1 saturated heterocycles. The normalized spacial score (nSPS) is 16.6. The molecular weight excluding hydrogens is 288 g/mol. The summed E-state index contributed by atoms with van der Waals surface area (Å²) >= 11 is 0. The van der Waals surface area contributed by atoms with Crippen molar-refractivity contribution in [2.75, 3.05) is 46.4 Å². The molecule has 1 heterocycles. The van der Waals surface area contributed by atoms with E-state index in [1.54, 1.807) is 0 Å². The molecule has 0 N–H and O–H groups in total. The second-order valence-electron chi connectivity index (χ2n) is 6.08. The number of rotatable bonds is 5. The molecule has 23 heavy (non-hydrogen) atoms. The van der Waals surface area contributed by atoms with E-state index >= 15 is 0 Å². The smallest absolute Gasteiger partial charge is 0.319 e. The summed E-state index contributed by atoms with van der Waals surface area (Å²) in [5.41, 5.74) is 1.42. The molecule has 0 aromatic heterocycles. The Bertz CT molecular complexity index is 658. The third-order valence-corrected chi connectivity index (χ3v) is 4.62. The van der Waals surface area contributed by atoms with E-state index in [4.69, 9.17) is 4.74 Å². The first-order valence-corrected chi connectivity index (χ1v) is 8.24. The number of esters is 1. The lowest BCUT2D eigenvalue weighted by molar-refractivity contribution is -0.142. The largest absolute Gasteiger partial charge is 0.468 e. The molecule has 0 atom stereocenters. The summed E-state index contributed by atoms with van der Waals surface area (Å²) in [4.78, 5) is 16.0. The van der Waals surface area contributed by atoms with Crippen molar-refractivity contribution in [1.82, 2.24) is 9.80 Å². The molecule has 2 aromatic rings. The minimum atomic E-state index is -0.144. The number of hydrogen-bond donors (Lipinski definition) is 0. The maximum absolute atomic E-state index is 11.3. The van der Waals surface area contributed by atoms with Crippen molar-refractivity contribution in [3.05, 3.63) is 48.0 Å². The van der Waals surface area contributed by atoms with Crippen molar-refractivity contribution >= 4 is 16.7 Å². The Balaban J connectivity index is 1.52. The molecule has 1 aliphatic rings. The Hall–Kier alpha value is -1.91. The Morgan fingerprint density at radius 3 is 2.48 bits per heavy atom. The molecule has 0 saturated carbocycles. The number of fused-ring (bicyclic) bond motifs is 1. The Labute approximate surface area is 137 Å². The highest BCUT2D eigenvalue weighted by Crippen LogP contribution is 2.19. The number of nitrogens with zero attached hydrogens (tertiary/aromatic N) is 2. The highest BCUT2D eigenvalue weighted by molar-refractivity contribution is 5.85. The zero-order chi connectivity index (χ0) is 16.1. The second kappa shape index (κ2) is 7.57. The number of methoxy groups -OCH3 is 1. The fourth-order valence-corrected chi connectivity index (χ4v) is 3.21. The van der Waals surface area contributed by atoms with Crippen LogP contribution < -0.4 is 0 Å². The Morgan fingerprint density at radius 2 is 1.70 bits per heavy atom. The van der Waals surface area contributed by atoms with E-state index in [2.05, 4.69) is 52.3 Å². The van der Waals surface area contributed by atoms with Crippen LogP contribution in [0.3, 0.4) is 0 Å². The lowest BCUT2D eigenvalue weighted by Crippen LogP contribution is -2.48. The van der Waals surface area contributed by atoms with E-state index in [0.29, 0.717) is 6.54 Å². The maximum Gasteiger partial charge on any atom is 0.319 e. The molecule has 1 aliphatic heterocycles. The van der Waals surface area contributed by atoms with Gasteiger partial charge in [-0.25, -0.2) is 0 Å². The van der Waals surface area contributed by atoms with Gasteiger partial charge >= 0.3 is 5.97 Å². The average Bonchev–Trinajstić information content (AvgIpc) is 2.61. The Kier molecular flexibility index (Phi) is 5.26. The summed E-state index contributed by atoms with van der Waals surface area (Å²) < 4.78 is 4.73. The molecule has 3 rings (SSSR count). The molecule has 0 bridgehead atoms. The van der Waals surface area contributed by atoms with Crippen LogP contribution in [0, 0.1) is 0 Å². The van der Waals surface area contributed by atoms with Crippen LogP contribution in [0.2, 0.25) is 0 Å². The molecule has 0 amide bonds. The van der Waals surface area contributed by atoms with Crippen LogP contribution in [-0.2, 0) is 16.0 Å². The maximum atomic E-state index is 11.3.